The molecule has 17 heavy (non-hydrogen) atoms. The molecule has 4 unspecified atom stereocenters. The van der Waals surface area contributed by atoms with E-state index in [0.29, 0.717) is 10.7 Å². The molecule has 0 aromatic heterocycles. The molecular formula is C13H22BrNO2. The molecule has 1 N–H and O–H groups in total. The van der Waals surface area contributed by atoms with Crippen LogP contribution in [0.3, 0.4) is 0 Å². The minimum atomic E-state index is 0.0844. The Balaban J connectivity index is 1.73. The van der Waals surface area contributed by atoms with Crippen molar-refractivity contribution < 1.29 is 9.53 Å². The molecule has 4 atom stereocenters. The number of nitrogens with one attached hydrogen (secondary N) is 1. The molecule has 0 bridgehead atoms. The second-order valence-corrected chi connectivity index (χ2v) is 6.53. The highest BCUT2D eigenvalue weighted by molar-refractivity contribution is 9.09. The number of hydrogen-bond acceptors (Lipinski definition) is 2. The molecule has 3 nitrogen and oxygen atoms in total. The highest BCUT2D eigenvalue weighted by Crippen LogP contribution is 2.30. The normalized spacial score (nSPS) is 37.3. The predicted octanol–water partition coefficient (Wildman–Crippen LogP) is 2.48. The zero-order valence-corrected chi connectivity index (χ0v) is 12.0. The van der Waals surface area contributed by atoms with E-state index in [4.69, 9.17) is 4.74 Å². The van der Waals surface area contributed by atoms with E-state index in [0.717, 1.165) is 26.0 Å². The molecule has 2 fully saturated rings. The summed E-state index contributed by atoms with van der Waals surface area (Å²) in [7, 11) is 0. The third-order valence-corrected chi connectivity index (χ3v) is 4.82. The van der Waals surface area contributed by atoms with Crippen LogP contribution < -0.4 is 5.32 Å². The first kappa shape index (κ1) is 13.3. The summed E-state index contributed by atoms with van der Waals surface area (Å²) in [6.45, 7) is 3.67. The molecule has 1 saturated carbocycles. The fraction of sp³-hybridized carbons (Fsp3) is 0.923. The van der Waals surface area contributed by atoms with Gasteiger partial charge in [-0.15, -0.1) is 0 Å². The van der Waals surface area contributed by atoms with Gasteiger partial charge >= 0.3 is 0 Å². The Bertz CT molecular complexity index is 272. The van der Waals surface area contributed by atoms with Gasteiger partial charge in [-0.1, -0.05) is 22.9 Å². The van der Waals surface area contributed by atoms with Crippen molar-refractivity contribution in [1.29, 1.82) is 0 Å². The SMILES string of the molecule is CCC1OCCC1C(=O)NCC1CCC(Br)C1. The largest absolute Gasteiger partial charge is 0.377 e. The van der Waals surface area contributed by atoms with Gasteiger partial charge in [-0.3, -0.25) is 4.79 Å². The van der Waals surface area contributed by atoms with Gasteiger partial charge in [0.2, 0.25) is 5.91 Å². The van der Waals surface area contributed by atoms with Gasteiger partial charge in [0.15, 0.2) is 0 Å². The molecular weight excluding hydrogens is 282 g/mol. The molecule has 1 aliphatic carbocycles. The van der Waals surface area contributed by atoms with E-state index in [2.05, 4.69) is 28.2 Å². The van der Waals surface area contributed by atoms with E-state index < -0.39 is 0 Å². The first-order chi connectivity index (χ1) is 8.20. The zero-order chi connectivity index (χ0) is 12.3. The smallest absolute Gasteiger partial charge is 0.225 e. The van der Waals surface area contributed by atoms with Crippen LogP contribution in [0.4, 0.5) is 0 Å². The first-order valence-electron chi connectivity index (χ1n) is 6.74. The molecule has 0 spiro atoms. The molecule has 0 radical (unpaired) electrons. The van der Waals surface area contributed by atoms with Crippen molar-refractivity contribution in [3.8, 4) is 0 Å². The Morgan fingerprint density at radius 3 is 2.88 bits per heavy atom. The number of halogens is 1. The van der Waals surface area contributed by atoms with E-state index in [1.165, 1.54) is 19.3 Å². The molecule has 2 aliphatic rings. The molecule has 4 heteroatoms. The van der Waals surface area contributed by atoms with Crippen molar-refractivity contribution in [2.75, 3.05) is 13.2 Å². The summed E-state index contributed by atoms with van der Waals surface area (Å²) in [5, 5.41) is 3.11. The predicted molar refractivity (Wildman–Crippen MR) is 71.2 cm³/mol. The van der Waals surface area contributed by atoms with Crippen LogP contribution in [0.5, 0.6) is 0 Å². The Labute approximate surface area is 112 Å². The molecule has 98 valence electrons. The van der Waals surface area contributed by atoms with Crippen LogP contribution in [0.25, 0.3) is 0 Å². The quantitative estimate of drug-likeness (QED) is 0.810. The van der Waals surface area contributed by atoms with Gasteiger partial charge in [0.25, 0.3) is 0 Å². The number of ether oxygens (including phenoxy) is 1. The fourth-order valence-corrected chi connectivity index (χ4v) is 3.72. The van der Waals surface area contributed by atoms with Crippen LogP contribution in [0, 0.1) is 11.8 Å². The Hall–Kier alpha value is -0.0900. The number of amides is 1. The van der Waals surface area contributed by atoms with Gasteiger partial charge < -0.3 is 10.1 Å². The fourth-order valence-electron chi connectivity index (χ4n) is 2.93. The standard InChI is InChI=1S/C13H22BrNO2/c1-2-12-11(5-6-17-12)13(16)15-8-9-3-4-10(14)7-9/h9-12H,2-8H2,1H3,(H,15,16). The lowest BCUT2D eigenvalue weighted by Gasteiger charge is -2.18. The van der Waals surface area contributed by atoms with Crippen LogP contribution >= 0.6 is 15.9 Å². The van der Waals surface area contributed by atoms with Crippen molar-refractivity contribution in [2.24, 2.45) is 11.8 Å². The maximum absolute atomic E-state index is 12.1. The molecule has 1 amide bonds. The lowest BCUT2D eigenvalue weighted by molar-refractivity contribution is -0.126. The summed E-state index contributed by atoms with van der Waals surface area (Å²) in [5.74, 6) is 0.944. The summed E-state index contributed by atoms with van der Waals surface area (Å²) < 4.78 is 5.56. The van der Waals surface area contributed by atoms with Gasteiger partial charge in [-0.2, -0.15) is 0 Å². The lowest BCUT2D eigenvalue weighted by atomic mass is 9.98. The minimum absolute atomic E-state index is 0.0844. The highest BCUT2D eigenvalue weighted by Gasteiger charge is 2.33. The Kier molecular flexibility index (Phi) is 4.86. The summed E-state index contributed by atoms with van der Waals surface area (Å²) >= 11 is 3.64. The number of hydrogen-bond donors (Lipinski definition) is 1. The lowest BCUT2D eigenvalue weighted by Crippen LogP contribution is -2.37. The third kappa shape index (κ3) is 3.44. The number of rotatable bonds is 4. The molecule has 1 aliphatic heterocycles. The second-order valence-electron chi connectivity index (χ2n) is 5.23. The van der Waals surface area contributed by atoms with Gasteiger partial charge in [0, 0.05) is 18.0 Å². The van der Waals surface area contributed by atoms with Crippen molar-refractivity contribution >= 4 is 21.8 Å². The minimum Gasteiger partial charge on any atom is -0.377 e. The van der Waals surface area contributed by atoms with Gasteiger partial charge in [0.1, 0.15) is 0 Å². The average molecular weight is 304 g/mol. The maximum atomic E-state index is 12.1. The van der Waals surface area contributed by atoms with E-state index in [9.17, 15) is 4.79 Å². The van der Waals surface area contributed by atoms with Crippen molar-refractivity contribution in [3.63, 3.8) is 0 Å². The first-order valence-corrected chi connectivity index (χ1v) is 7.65. The summed E-state index contributed by atoms with van der Waals surface area (Å²) in [6.07, 6.45) is 5.63. The number of carbonyl (C=O) groups excluding carboxylic acids is 1. The number of carbonyl (C=O) groups is 1. The van der Waals surface area contributed by atoms with Crippen LogP contribution in [0.2, 0.25) is 0 Å². The molecule has 1 saturated heterocycles. The van der Waals surface area contributed by atoms with E-state index in [1.807, 2.05) is 0 Å². The maximum Gasteiger partial charge on any atom is 0.225 e. The third-order valence-electron chi connectivity index (χ3n) is 3.99. The topological polar surface area (TPSA) is 38.3 Å². The zero-order valence-electron chi connectivity index (χ0n) is 10.5. The van der Waals surface area contributed by atoms with E-state index in [1.54, 1.807) is 0 Å². The molecule has 0 aromatic rings. The summed E-state index contributed by atoms with van der Waals surface area (Å²) in [6, 6.07) is 0. The highest BCUT2D eigenvalue weighted by atomic mass is 79.9. The summed E-state index contributed by atoms with van der Waals surface area (Å²) in [5.41, 5.74) is 0. The van der Waals surface area contributed by atoms with Crippen LogP contribution in [0.1, 0.15) is 39.0 Å². The van der Waals surface area contributed by atoms with Crippen molar-refractivity contribution in [2.45, 2.75) is 50.0 Å². The van der Waals surface area contributed by atoms with E-state index in [-0.39, 0.29) is 17.9 Å². The van der Waals surface area contributed by atoms with Crippen LogP contribution in [0.15, 0.2) is 0 Å². The van der Waals surface area contributed by atoms with Crippen molar-refractivity contribution in [1.82, 2.24) is 5.32 Å². The molecule has 2 rings (SSSR count). The Morgan fingerprint density at radius 1 is 1.41 bits per heavy atom. The van der Waals surface area contributed by atoms with E-state index >= 15 is 0 Å². The number of alkyl halides is 1. The Morgan fingerprint density at radius 2 is 2.24 bits per heavy atom. The van der Waals surface area contributed by atoms with Crippen molar-refractivity contribution in [3.05, 3.63) is 0 Å². The average Bonchev–Trinajstić information content (AvgIpc) is 2.94. The van der Waals surface area contributed by atoms with Gasteiger partial charge in [-0.25, -0.2) is 0 Å². The van der Waals surface area contributed by atoms with Crippen LogP contribution in [-0.2, 0) is 9.53 Å². The van der Waals surface area contributed by atoms with Crippen LogP contribution in [-0.4, -0.2) is 30.0 Å². The van der Waals surface area contributed by atoms with Gasteiger partial charge in [0.05, 0.1) is 12.0 Å². The molecule has 1 heterocycles. The second kappa shape index (κ2) is 6.19. The molecule has 0 aromatic carbocycles. The van der Waals surface area contributed by atoms with Gasteiger partial charge in [-0.05, 0) is 38.0 Å². The monoisotopic (exact) mass is 303 g/mol. The summed E-state index contributed by atoms with van der Waals surface area (Å²) in [4.78, 5) is 12.7.